The van der Waals surface area contributed by atoms with Crippen LogP contribution in [0.1, 0.15) is 12.5 Å². The van der Waals surface area contributed by atoms with Crippen molar-refractivity contribution in [2.45, 2.75) is 6.92 Å². The lowest BCUT2D eigenvalue weighted by Gasteiger charge is -2.09. The predicted molar refractivity (Wildman–Crippen MR) is 60.8 cm³/mol. The van der Waals surface area contributed by atoms with Gasteiger partial charge < -0.3 is 14.6 Å². The number of hydrogen-bond acceptors (Lipinski definition) is 3. The summed E-state index contributed by atoms with van der Waals surface area (Å²) in [5.74, 6) is 0.236. The minimum atomic E-state index is -0.965. The van der Waals surface area contributed by atoms with Crippen molar-refractivity contribution in [1.29, 1.82) is 0 Å². The third-order valence-corrected chi connectivity index (χ3v) is 2.18. The van der Waals surface area contributed by atoms with Crippen LogP contribution < -0.4 is 9.47 Å². The predicted octanol–water partition coefficient (Wildman–Crippen LogP) is 2.19. The van der Waals surface area contributed by atoms with Crippen LogP contribution in [0.25, 0.3) is 5.57 Å². The van der Waals surface area contributed by atoms with E-state index in [1.807, 2.05) is 0 Å². The third-order valence-electron chi connectivity index (χ3n) is 2.18. The molecule has 0 atom stereocenters. The highest BCUT2D eigenvalue weighted by atomic mass is 16.5. The van der Waals surface area contributed by atoms with Gasteiger partial charge in [-0.15, -0.1) is 0 Å². The van der Waals surface area contributed by atoms with Crippen LogP contribution in [0.5, 0.6) is 11.5 Å². The lowest BCUT2D eigenvalue weighted by atomic mass is 10.1. The van der Waals surface area contributed by atoms with E-state index < -0.39 is 5.97 Å². The second-order valence-electron chi connectivity index (χ2n) is 3.24. The average Bonchev–Trinajstić information content (AvgIpc) is 2.27. The Morgan fingerprint density at radius 2 is 1.88 bits per heavy atom. The Labute approximate surface area is 94.1 Å². The van der Waals surface area contributed by atoms with Crippen molar-refractivity contribution in [2.75, 3.05) is 14.2 Å². The van der Waals surface area contributed by atoms with Crippen molar-refractivity contribution in [1.82, 2.24) is 0 Å². The maximum Gasteiger partial charge on any atom is 0.328 e. The summed E-state index contributed by atoms with van der Waals surface area (Å²) >= 11 is 0. The molecule has 0 aliphatic heterocycles. The Morgan fingerprint density at radius 3 is 2.38 bits per heavy atom. The normalized spacial score (nSPS) is 11.1. The first kappa shape index (κ1) is 12.1. The number of allylic oxidation sites excluding steroid dienone is 1. The number of aliphatic carboxylic acids is 1. The zero-order valence-electron chi connectivity index (χ0n) is 9.48. The molecular weight excluding hydrogens is 208 g/mol. The Hall–Kier alpha value is -1.97. The lowest BCUT2D eigenvalue weighted by molar-refractivity contribution is -0.131. The molecule has 0 heterocycles. The third kappa shape index (κ3) is 2.76. The van der Waals surface area contributed by atoms with Crippen molar-refractivity contribution in [3.63, 3.8) is 0 Å². The van der Waals surface area contributed by atoms with Gasteiger partial charge in [0, 0.05) is 6.08 Å². The molecule has 0 aliphatic carbocycles. The van der Waals surface area contributed by atoms with Gasteiger partial charge in [-0.3, -0.25) is 0 Å². The summed E-state index contributed by atoms with van der Waals surface area (Å²) in [6, 6.07) is 5.27. The summed E-state index contributed by atoms with van der Waals surface area (Å²) in [4.78, 5) is 10.5. The molecule has 1 aromatic rings. The molecule has 0 spiro atoms. The molecule has 0 fully saturated rings. The molecule has 0 saturated carbocycles. The molecule has 0 saturated heterocycles. The summed E-state index contributed by atoms with van der Waals surface area (Å²) in [7, 11) is 3.09. The first-order valence-electron chi connectivity index (χ1n) is 4.72. The van der Waals surface area contributed by atoms with E-state index in [0.29, 0.717) is 17.1 Å². The molecule has 86 valence electrons. The zero-order valence-corrected chi connectivity index (χ0v) is 9.48. The van der Waals surface area contributed by atoms with Gasteiger partial charge in [0.2, 0.25) is 0 Å². The van der Waals surface area contributed by atoms with Gasteiger partial charge in [0.1, 0.15) is 0 Å². The number of carbonyl (C=O) groups is 1. The number of hydrogen-bond donors (Lipinski definition) is 1. The van der Waals surface area contributed by atoms with Gasteiger partial charge >= 0.3 is 5.97 Å². The number of carboxylic acids is 1. The highest BCUT2D eigenvalue weighted by Gasteiger charge is 2.06. The lowest BCUT2D eigenvalue weighted by Crippen LogP contribution is -1.93. The Bertz CT molecular complexity index is 421. The second kappa shape index (κ2) is 5.21. The van der Waals surface area contributed by atoms with E-state index in [-0.39, 0.29) is 0 Å². The van der Waals surface area contributed by atoms with E-state index in [9.17, 15) is 4.79 Å². The molecular formula is C12H14O4. The standard InChI is InChI=1S/C12H14O4/c1-8(6-12(13)14)9-4-5-10(15-2)11(7-9)16-3/h4-7H,1-3H3,(H,13,14). The van der Waals surface area contributed by atoms with Crippen LogP contribution in [-0.2, 0) is 4.79 Å². The van der Waals surface area contributed by atoms with Crippen LogP contribution in [0.4, 0.5) is 0 Å². The largest absolute Gasteiger partial charge is 0.493 e. The van der Waals surface area contributed by atoms with Crippen molar-refractivity contribution < 1.29 is 19.4 Å². The first-order valence-corrected chi connectivity index (χ1v) is 4.72. The van der Waals surface area contributed by atoms with Crippen LogP contribution in [0.3, 0.4) is 0 Å². The monoisotopic (exact) mass is 222 g/mol. The van der Waals surface area contributed by atoms with Gasteiger partial charge in [-0.1, -0.05) is 6.07 Å². The highest BCUT2D eigenvalue weighted by molar-refractivity contribution is 5.89. The van der Waals surface area contributed by atoms with Gasteiger partial charge in [0.05, 0.1) is 14.2 Å². The Morgan fingerprint density at radius 1 is 1.25 bits per heavy atom. The summed E-state index contributed by atoms with van der Waals surface area (Å²) in [6.45, 7) is 1.73. The van der Waals surface area contributed by atoms with Crippen LogP contribution in [0.2, 0.25) is 0 Å². The van der Waals surface area contributed by atoms with E-state index in [1.54, 1.807) is 32.2 Å². The number of ether oxygens (including phenoxy) is 2. The molecule has 4 heteroatoms. The van der Waals surface area contributed by atoms with Crippen LogP contribution in [0.15, 0.2) is 24.3 Å². The van der Waals surface area contributed by atoms with Crippen molar-refractivity contribution >= 4 is 11.5 Å². The molecule has 1 rings (SSSR count). The van der Waals surface area contributed by atoms with Crippen LogP contribution in [0, 0.1) is 0 Å². The van der Waals surface area contributed by atoms with Gasteiger partial charge in [-0.05, 0) is 30.2 Å². The molecule has 16 heavy (non-hydrogen) atoms. The smallest absolute Gasteiger partial charge is 0.328 e. The fraction of sp³-hybridized carbons (Fsp3) is 0.250. The number of carboxylic acid groups (broad SMARTS) is 1. The fourth-order valence-corrected chi connectivity index (χ4v) is 1.35. The molecule has 1 N–H and O–H groups in total. The topological polar surface area (TPSA) is 55.8 Å². The average molecular weight is 222 g/mol. The van der Waals surface area contributed by atoms with Crippen LogP contribution >= 0.6 is 0 Å². The van der Waals surface area contributed by atoms with Crippen molar-refractivity contribution in [3.05, 3.63) is 29.8 Å². The molecule has 0 aliphatic rings. The quantitative estimate of drug-likeness (QED) is 0.793. The van der Waals surface area contributed by atoms with Crippen molar-refractivity contribution in [3.8, 4) is 11.5 Å². The summed E-state index contributed by atoms with van der Waals surface area (Å²) in [5.41, 5.74) is 1.45. The maximum atomic E-state index is 10.5. The Kier molecular flexibility index (Phi) is 3.94. The van der Waals surface area contributed by atoms with E-state index in [1.165, 1.54) is 7.11 Å². The molecule has 0 amide bonds. The molecule has 0 bridgehead atoms. The van der Waals surface area contributed by atoms with Crippen LogP contribution in [-0.4, -0.2) is 25.3 Å². The molecule has 4 nitrogen and oxygen atoms in total. The van der Waals surface area contributed by atoms with Gasteiger partial charge in [-0.25, -0.2) is 4.79 Å². The molecule has 1 aromatic carbocycles. The maximum absolute atomic E-state index is 10.5. The first-order chi connectivity index (χ1) is 7.58. The van der Waals surface area contributed by atoms with Gasteiger partial charge in [0.25, 0.3) is 0 Å². The minimum Gasteiger partial charge on any atom is -0.493 e. The number of benzene rings is 1. The van der Waals surface area contributed by atoms with Gasteiger partial charge in [-0.2, -0.15) is 0 Å². The van der Waals surface area contributed by atoms with E-state index in [4.69, 9.17) is 14.6 Å². The fourth-order valence-electron chi connectivity index (χ4n) is 1.35. The number of methoxy groups -OCH3 is 2. The van der Waals surface area contributed by atoms with E-state index in [0.717, 1.165) is 11.6 Å². The number of rotatable bonds is 4. The molecule has 0 radical (unpaired) electrons. The SMILES string of the molecule is COc1ccc(C(C)=CC(=O)O)cc1OC. The van der Waals surface area contributed by atoms with E-state index in [2.05, 4.69) is 0 Å². The summed E-state index contributed by atoms with van der Waals surface area (Å²) < 4.78 is 10.2. The second-order valence-corrected chi connectivity index (χ2v) is 3.24. The highest BCUT2D eigenvalue weighted by Crippen LogP contribution is 2.30. The van der Waals surface area contributed by atoms with Gasteiger partial charge in [0.15, 0.2) is 11.5 Å². The zero-order chi connectivity index (χ0) is 12.1. The van der Waals surface area contributed by atoms with Crippen molar-refractivity contribution in [2.24, 2.45) is 0 Å². The minimum absolute atomic E-state index is 0.582. The summed E-state index contributed by atoms with van der Waals surface area (Å²) in [6.07, 6.45) is 1.15. The molecule has 0 aromatic heterocycles. The van der Waals surface area contributed by atoms with E-state index >= 15 is 0 Å². The molecule has 0 unspecified atom stereocenters. The Balaban J connectivity index is 3.13. The summed E-state index contributed by atoms with van der Waals surface area (Å²) in [5, 5.41) is 8.64.